The second kappa shape index (κ2) is 8.61. The van der Waals surface area contributed by atoms with Crippen LogP contribution in [-0.4, -0.2) is 49.0 Å². The lowest BCUT2D eigenvalue weighted by atomic mass is 10.1. The Morgan fingerprint density at radius 2 is 2.00 bits per heavy atom. The number of nitriles is 1. The van der Waals surface area contributed by atoms with Crippen molar-refractivity contribution in [3.05, 3.63) is 59.4 Å². The summed E-state index contributed by atoms with van der Waals surface area (Å²) in [6, 6.07) is 7.90. The number of nitrogens with one attached hydrogen (secondary N) is 1. The van der Waals surface area contributed by atoms with Crippen molar-refractivity contribution in [2.45, 2.75) is 18.9 Å². The van der Waals surface area contributed by atoms with Gasteiger partial charge in [0.05, 0.1) is 34.5 Å². The van der Waals surface area contributed by atoms with E-state index >= 15 is 0 Å². The molecule has 0 radical (unpaired) electrons. The van der Waals surface area contributed by atoms with E-state index in [0.29, 0.717) is 34.9 Å². The summed E-state index contributed by atoms with van der Waals surface area (Å²) < 4.78 is 16.1. The van der Waals surface area contributed by atoms with Crippen LogP contribution in [0.25, 0.3) is 16.6 Å². The van der Waals surface area contributed by atoms with Crippen LogP contribution in [0.2, 0.25) is 5.02 Å². The summed E-state index contributed by atoms with van der Waals surface area (Å²) in [5.74, 6) is 1.06. The molecule has 1 saturated heterocycles. The highest BCUT2D eigenvalue weighted by Crippen LogP contribution is 2.29. The number of benzene rings is 1. The van der Waals surface area contributed by atoms with E-state index in [2.05, 4.69) is 25.4 Å². The molecule has 9 nitrogen and oxygen atoms in total. The van der Waals surface area contributed by atoms with Crippen LogP contribution in [0.5, 0.6) is 0 Å². The Bertz CT molecular complexity index is 1360. The molecule has 4 aromatic rings. The van der Waals surface area contributed by atoms with Gasteiger partial charge in [0.15, 0.2) is 5.82 Å². The second-order valence-corrected chi connectivity index (χ2v) is 8.12. The minimum absolute atomic E-state index is 0.0517. The largest absolute Gasteiger partial charge is 0.391 e. The van der Waals surface area contributed by atoms with E-state index in [1.165, 1.54) is 17.1 Å². The van der Waals surface area contributed by atoms with Crippen molar-refractivity contribution >= 4 is 40.0 Å². The van der Waals surface area contributed by atoms with Gasteiger partial charge in [0.1, 0.15) is 29.5 Å². The quantitative estimate of drug-likeness (QED) is 0.471. The van der Waals surface area contributed by atoms with Crippen molar-refractivity contribution in [1.82, 2.24) is 24.7 Å². The number of aromatic nitrogens is 5. The highest BCUT2D eigenvalue weighted by Gasteiger charge is 2.20. The number of nitrogens with zero attached hydrogens (tertiary/aromatic N) is 7. The first-order valence-corrected chi connectivity index (χ1v) is 10.6. The molecule has 1 aromatic carbocycles. The van der Waals surface area contributed by atoms with Crippen molar-refractivity contribution in [3.8, 4) is 11.8 Å². The van der Waals surface area contributed by atoms with Crippen LogP contribution < -0.4 is 10.2 Å². The molecule has 1 atom stereocenters. The molecule has 2 N–H and O–H groups in total. The van der Waals surface area contributed by atoms with E-state index in [1.807, 2.05) is 11.0 Å². The van der Waals surface area contributed by atoms with Gasteiger partial charge >= 0.3 is 0 Å². The number of piperidine rings is 1. The Kier molecular flexibility index (Phi) is 5.50. The van der Waals surface area contributed by atoms with Crippen molar-refractivity contribution < 1.29 is 9.50 Å². The van der Waals surface area contributed by atoms with E-state index < -0.39 is 5.82 Å². The lowest BCUT2D eigenvalue weighted by Gasteiger charge is -2.31. The molecule has 0 spiro atoms. The molecular formula is C22H18ClFN8O. The first kappa shape index (κ1) is 21.1. The first-order chi connectivity index (χ1) is 16.0. The molecule has 0 amide bonds. The fourth-order valence-corrected chi connectivity index (χ4v) is 4.17. The van der Waals surface area contributed by atoms with Crippen molar-refractivity contribution in [2.24, 2.45) is 0 Å². The molecule has 0 saturated carbocycles. The van der Waals surface area contributed by atoms with Gasteiger partial charge in [-0.3, -0.25) is 0 Å². The van der Waals surface area contributed by atoms with Gasteiger partial charge in [-0.25, -0.2) is 24.0 Å². The second-order valence-electron chi connectivity index (χ2n) is 7.71. The molecule has 33 heavy (non-hydrogen) atoms. The summed E-state index contributed by atoms with van der Waals surface area (Å²) in [4.78, 5) is 15.0. The number of rotatable bonds is 4. The van der Waals surface area contributed by atoms with Crippen molar-refractivity contribution in [1.29, 1.82) is 5.26 Å². The molecule has 1 fully saturated rings. The summed E-state index contributed by atoms with van der Waals surface area (Å²) in [6.07, 6.45) is 5.93. The Morgan fingerprint density at radius 3 is 2.79 bits per heavy atom. The predicted octanol–water partition coefficient (Wildman–Crippen LogP) is 3.58. The zero-order valence-electron chi connectivity index (χ0n) is 17.3. The average molecular weight is 465 g/mol. The molecule has 4 heterocycles. The third-order valence-electron chi connectivity index (χ3n) is 5.44. The molecule has 1 aliphatic rings. The monoisotopic (exact) mass is 464 g/mol. The molecule has 1 aliphatic heterocycles. The smallest absolute Gasteiger partial charge is 0.151 e. The fourth-order valence-electron chi connectivity index (χ4n) is 3.88. The highest BCUT2D eigenvalue weighted by atomic mass is 35.5. The average Bonchev–Trinajstić information content (AvgIpc) is 3.21. The number of fused-ring (bicyclic) bond motifs is 1. The van der Waals surface area contributed by atoms with E-state index in [0.717, 1.165) is 25.5 Å². The summed E-state index contributed by atoms with van der Waals surface area (Å²) in [5, 5.41) is 27.1. The van der Waals surface area contributed by atoms with Gasteiger partial charge in [0, 0.05) is 36.8 Å². The lowest BCUT2D eigenvalue weighted by molar-refractivity contribution is 0.154. The topological polar surface area (TPSA) is 116 Å². The third kappa shape index (κ3) is 4.16. The molecule has 0 aliphatic carbocycles. The molecular weight excluding hydrogens is 447 g/mol. The minimum atomic E-state index is -0.653. The molecule has 166 valence electrons. The van der Waals surface area contributed by atoms with Gasteiger partial charge in [-0.2, -0.15) is 10.4 Å². The first-order valence-electron chi connectivity index (χ1n) is 10.3. The predicted molar refractivity (Wildman–Crippen MR) is 121 cm³/mol. The fraction of sp³-hybridized carbons (Fsp3) is 0.227. The van der Waals surface area contributed by atoms with Gasteiger partial charge in [-0.05, 0) is 25.0 Å². The standard InChI is InChI=1S/C22H18ClFN8O/c23-16-4-13(8-25)5-17(24)22(16)32-18-6-19(26-9-14(18)10-29-32)30-20-7-21(28-12-27-20)31-3-1-2-15(33)11-31/h4-7,9-10,12,15,33H,1-3,11H2,(H,26,27,28,30)/t15-/m0/s1. The van der Waals surface area contributed by atoms with Crippen LogP contribution in [0.1, 0.15) is 18.4 Å². The summed E-state index contributed by atoms with van der Waals surface area (Å²) in [7, 11) is 0. The molecule has 11 heteroatoms. The SMILES string of the molecule is N#Cc1cc(F)c(-n2ncc3cnc(Nc4cc(N5CCC[C@H](O)C5)ncn4)cc32)c(Cl)c1. The van der Waals surface area contributed by atoms with E-state index in [1.54, 1.807) is 24.5 Å². The number of hydrogen-bond acceptors (Lipinski definition) is 8. The Balaban J connectivity index is 1.47. The number of aliphatic hydroxyl groups is 1. The van der Waals surface area contributed by atoms with Gasteiger partial charge < -0.3 is 15.3 Å². The van der Waals surface area contributed by atoms with Crippen LogP contribution in [-0.2, 0) is 0 Å². The van der Waals surface area contributed by atoms with Crippen molar-refractivity contribution in [3.63, 3.8) is 0 Å². The zero-order chi connectivity index (χ0) is 22.9. The van der Waals surface area contributed by atoms with Crippen LogP contribution in [0, 0.1) is 17.1 Å². The number of anilines is 3. The van der Waals surface area contributed by atoms with Gasteiger partial charge in [-0.15, -0.1) is 0 Å². The van der Waals surface area contributed by atoms with E-state index in [4.69, 9.17) is 16.9 Å². The van der Waals surface area contributed by atoms with Gasteiger partial charge in [-0.1, -0.05) is 11.6 Å². The highest BCUT2D eigenvalue weighted by molar-refractivity contribution is 6.32. The Hall–Kier alpha value is -3.81. The molecule has 3 aromatic heterocycles. The Labute approximate surface area is 193 Å². The number of halogens is 2. The number of aliphatic hydroxyl groups excluding tert-OH is 1. The summed E-state index contributed by atoms with van der Waals surface area (Å²) >= 11 is 6.25. The van der Waals surface area contributed by atoms with Gasteiger partial charge in [0.2, 0.25) is 0 Å². The minimum Gasteiger partial charge on any atom is -0.391 e. The summed E-state index contributed by atoms with van der Waals surface area (Å²) in [6.45, 7) is 1.34. The van der Waals surface area contributed by atoms with Crippen LogP contribution in [0.3, 0.4) is 0 Å². The van der Waals surface area contributed by atoms with Crippen molar-refractivity contribution in [2.75, 3.05) is 23.3 Å². The molecule has 0 unspecified atom stereocenters. The maximum Gasteiger partial charge on any atom is 0.151 e. The third-order valence-corrected chi connectivity index (χ3v) is 5.73. The van der Waals surface area contributed by atoms with Crippen LogP contribution >= 0.6 is 11.6 Å². The maximum atomic E-state index is 14.7. The number of β-amino-alcohol motifs (C(OH)–C–C–N with tert-alkyl or cyclic N) is 1. The van der Waals surface area contributed by atoms with E-state index in [9.17, 15) is 9.50 Å². The van der Waals surface area contributed by atoms with E-state index in [-0.39, 0.29) is 22.4 Å². The van der Waals surface area contributed by atoms with Gasteiger partial charge in [0.25, 0.3) is 0 Å². The molecule has 0 bridgehead atoms. The maximum absolute atomic E-state index is 14.7. The lowest BCUT2D eigenvalue weighted by Crippen LogP contribution is -2.38. The van der Waals surface area contributed by atoms with Crippen LogP contribution in [0.15, 0.2) is 43.0 Å². The number of hydrogen-bond donors (Lipinski definition) is 2. The zero-order valence-corrected chi connectivity index (χ0v) is 18.0. The number of pyridine rings is 1. The summed E-state index contributed by atoms with van der Waals surface area (Å²) in [5.41, 5.74) is 0.754. The molecule has 5 rings (SSSR count). The Morgan fingerprint density at radius 1 is 1.15 bits per heavy atom. The van der Waals surface area contributed by atoms with Crippen LogP contribution in [0.4, 0.5) is 21.8 Å². The normalized spacial score (nSPS) is 16.1.